The van der Waals surface area contributed by atoms with Gasteiger partial charge in [0, 0.05) is 24.1 Å². The van der Waals surface area contributed by atoms with Crippen molar-refractivity contribution in [3.63, 3.8) is 0 Å². The van der Waals surface area contributed by atoms with Crippen LogP contribution in [0, 0.1) is 11.8 Å². The van der Waals surface area contributed by atoms with Gasteiger partial charge in [0.2, 0.25) is 5.91 Å². The second-order valence-electron chi connectivity index (χ2n) is 7.85. The molecular formula is C24H27N2NaO7. The van der Waals surface area contributed by atoms with Crippen LogP contribution in [0.3, 0.4) is 0 Å². The number of carboxylic acid groups (broad SMARTS) is 2. The minimum atomic E-state index is -1.20. The van der Waals surface area contributed by atoms with Gasteiger partial charge in [0.1, 0.15) is 5.75 Å². The molecule has 9 nitrogen and oxygen atoms in total. The van der Waals surface area contributed by atoms with Gasteiger partial charge in [0.25, 0.3) is 5.91 Å². The van der Waals surface area contributed by atoms with Crippen molar-refractivity contribution in [3.8, 4) is 5.75 Å². The van der Waals surface area contributed by atoms with Crippen LogP contribution in [0.5, 0.6) is 5.75 Å². The number of rotatable bonds is 11. The number of carboxylic acids is 2. The van der Waals surface area contributed by atoms with Crippen molar-refractivity contribution in [2.45, 2.75) is 39.7 Å². The third-order valence-corrected chi connectivity index (χ3v) is 5.24. The molecule has 2 aromatic rings. The monoisotopic (exact) mass is 478 g/mol. The molecule has 0 aliphatic carbocycles. The number of hydrogen-bond acceptors (Lipinski definition) is 6. The number of carbonyl (C=O) groups is 4. The second-order valence-corrected chi connectivity index (χ2v) is 7.85. The first-order valence-corrected chi connectivity index (χ1v) is 10.5. The average Bonchev–Trinajstić information content (AvgIpc) is 2.77. The van der Waals surface area contributed by atoms with Crippen LogP contribution >= 0.6 is 0 Å². The molecule has 0 aliphatic rings. The Kier molecular flexibility index (Phi) is 11.8. The SMILES string of the molecule is CCC(CC(C)C(=O)[O-])C(=O)NCc1ccc(O)c(C(=O)Nc2ccc(CC(=O)O)cc2)c1.[Na+]. The molecule has 0 saturated heterocycles. The molecule has 0 radical (unpaired) electrons. The van der Waals surface area contributed by atoms with Crippen LogP contribution in [0.2, 0.25) is 0 Å². The fourth-order valence-corrected chi connectivity index (χ4v) is 3.27. The molecule has 0 aromatic heterocycles. The predicted molar refractivity (Wildman–Crippen MR) is 118 cm³/mol. The molecule has 4 N–H and O–H groups in total. The van der Waals surface area contributed by atoms with Gasteiger partial charge < -0.3 is 30.7 Å². The van der Waals surface area contributed by atoms with E-state index in [9.17, 15) is 29.4 Å². The van der Waals surface area contributed by atoms with E-state index in [0.717, 1.165) is 0 Å². The Morgan fingerprint density at radius 1 is 1.03 bits per heavy atom. The Hall–Kier alpha value is -2.88. The molecule has 176 valence electrons. The molecule has 10 heteroatoms. The van der Waals surface area contributed by atoms with Crippen molar-refractivity contribution in [1.82, 2.24) is 5.32 Å². The predicted octanol–water partition coefficient (Wildman–Crippen LogP) is -1.31. The summed E-state index contributed by atoms with van der Waals surface area (Å²) >= 11 is 0. The molecule has 2 aromatic carbocycles. The van der Waals surface area contributed by atoms with E-state index >= 15 is 0 Å². The fourth-order valence-electron chi connectivity index (χ4n) is 3.27. The van der Waals surface area contributed by atoms with E-state index in [1.807, 2.05) is 0 Å². The molecule has 2 atom stereocenters. The summed E-state index contributed by atoms with van der Waals surface area (Å²) in [5, 5.41) is 35.2. The number of aliphatic carboxylic acids is 2. The third-order valence-electron chi connectivity index (χ3n) is 5.24. The van der Waals surface area contributed by atoms with E-state index in [4.69, 9.17) is 5.11 Å². The van der Waals surface area contributed by atoms with Crippen molar-refractivity contribution in [2.24, 2.45) is 11.8 Å². The van der Waals surface area contributed by atoms with E-state index in [1.54, 1.807) is 37.3 Å². The van der Waals surface area contributed by atoms with Gasteiger partial charge in [-0.2, -0.15) is 0 Å². The van der Waals surface area contributed by atoms with Gasteiger partial charge in [-0.1, -0.05) is 32.0 Å². The maximum absolute atomic E-state index is 12.6. The summed E-state index contributed by atoms with van der Waals surface area (Å²) < 4.78 is 0. The number of aromatic hydroxyl groups is 1. The van der Waals surface area contributed by atoms with Gasteiger partial charge in [-0.25, -0.2) is 0 Å². The molecule has 34 heavy (non-hydrogen) atoms. The van der Waals surface area contributed by atoms with Crippen molar-refractivity contribution in [1.29, 1.82) is 0 Å². The van der Waals surface area contributed by atoms with Gasteiger partial charge in [0.15, 0.2) is 0 Å². The molecule has 0 heterocycles. The minimum absolute atomic E-state index is 0. The normalized spacial score (nSPS) is 12.1. The summed E-state index contributed by atoms with van der Waals surface area (Å²) in [5.74, 6) is -4.50. The summed E-state index contributed by atoms with van der Waals surface area (Å²) in [6.45, 7) is 3.39. The summed E-state index contributed by atoms with van der Waals surface area (Å²) in [6, 6.07) is 10.7. The summed E-state index contributed by atoms with van der Waals surface area (Å²) in [7, 11) is 0. The number of phenols is 1. The molecule has 2 amide bonds. The van der Waals surface area contributed by atoms with Crippen LogP contribution < -0.4 is 45.3 Å². The molecule has 2 rings (SSSR count). The number of amides is 2. The fraction of sp³-hybridized carbons (Fsp3) is 0.333. The minimum Gasteiger partial charge on any atom is -0.550 e. The number of phenolic OH excluding ortho intramolecular Hbond substituents is 1. The molecule has 0 saturated carbocycles. The number of hydrogen-bond donors (Lipinski definition) is 4. The van der Waals surface area contributed by atoms with Crippen molar-refractivity contribution in [2.75, 3.05) is 5.32 Å². The smallest absolute Gasteiger partial charge is 0.550 e. The largest absolute Gasteiger partial charge is 1.00 e. The Balaban J connectivity index is 0.00000578. The van der Waals surface area contributed by atoms with Crippen LogP contribution in [-0.2, 0) is 27.3 Å². The maximum Gasteiger partial charge on any atom is 1.00 e. The van der Waals surface area contributed by atoms with Crippen molar-refractivity contribution >= 4 is 29.4 Å². The first kappa shape index (κ1) is 29.2. The van der Waals surface area contributed by atoms with Crippen LogP contribution in [-0.4, -0.2) is 34.0 Å². The Morgan fingerprint density at radius 3 is 2.21 bits per heavy atom. The second kappa shape index (κ2) is 13.7. The Bertz CT molecular complexity index is 1020. The van der Waals surface area contributed by atoms with Gasteiger partial charge >= 0.3 is 35.5 Å². The zero-order valence-corrected chi connectivity index (χ0v) is 21.5. The molecular weight excluding hydrogens is 451 g/mol. The summed E-state index contributed by atoms with van der Waals surface area (Å²) in [5.41, 5.74) is 1.60. The average molecular weight is 478 g/mol. The quantitative estimate of drug-likeness (QED) is 0.292. The number of benzene rings is 2. The van der Waals surface area contributed by atoms with Crippen LogP contribution in [0.4, 0.5) is 5.69 Å². The van der Waals surface area contributed by atoms with Gasteiger partial charge in [-0.05, 0) is 54.2 Å². The zero-order chi connectivity index (χ0) is 24.5. The molecule has 0 fully saturated rings. The number of carbonyl (C=O) groups excluding carboxylic acids is 3. The van der Waals surface area contributed by atoms with Gasteiger partial charge in [-0.15, -0.1) is 0 Å². The van der Waals surface area contributed by atoms with E-state index in [0.29, 0.717) is 23.2 Å². The topological polar surface area (TPSA) is 156 Å². The van der Waals surface area contributed by atoms with Gasteiger partial charge in [-0.3, -0.25) is 14.4 Å². The first-order valence-electron chi connectivity index (χ1n) is 10.5. The molecule has 0 aliphatic heterocycles. The van der Waals surface area contributed by atoms with Crippen LogP contribution in [0.15, 0.2) is 42.5 Å². The van der Waals surface area contributed by atoms with E-state index in [1.165, 1.54) is 19.1 Å². The Labute approximate surface area is 219 Å². The summed E-state index contributed by atoms with van der Waals surface area (Å²) in [4.78, 5) is 46.8. The summed E-state index contributed by atoms with van der Waals surface area (Å²) in [6.07, 6.45) is 0.505. The molecule has 0 spiro atoms. The third kappa shape index (κ3) is 8.81. The van der Waals surface area contributed by atoms with E-state index < -0.39 is 29.7 Å². The van der Waals surface area contributed by atoms with Crippen LogP contribution in [0.1, 0.15) is 48.2 Å². The number of nitrogens with one attached hydrogen (secondary N) is 2. The van der Waals surface area contributed by atoms with Crippen LogP contribution in [0.25, 0.3) is 0 Å². The maximum atomic E-state index is 12.6. The van der Waals surface area contributed by atoms with E-state index in [-0.39, 0.29) is 66.2 Å². The number of anilines is 1. The standard InChI is InChI=1S/C24H28N2O7.Na/c1-3-17(10-14(2)24(32)33)22(30)25-13-16-6-9-20(27)19(11-16)23(31)26-18-7-4-15(5-8-18)12-21(28)29;/h4-9,11,14,17,27H,3,10,12-13H2,1-2H3,(H,25,30)(H,26,31)(H,28,29)(H,32,33);/q;+1/p-1. The molecule has 0 bridgehead atoms. The Morgan fingerprint density at radius 2 is 1.65 bits per heavy atom. The molecule has 2 unspecified atom stereocenters. The van der Waals surface area contributed by atoms with Gasteiger partial charge in [0.05, 0.1) is 12.0 Å². The first-order chi connectivity index (χ1) is 15.6. The van der Waals surface area contributed by atoms with E-state index in [2.05, 4.69) is 10.6 Å². The van der Waals surface area contributed by atoms with Crippen molar-refractivity contribution in [3.05, 3.63) is 59.2 Å². The zero-order valence-electron chi connectivity index (χ0n) is 19.5. The van der Waals surface area contributed by atoms with Crippen molar-refractivity contribution < 1.29 is 64.1 Å².